The first-order valence-corrected chi connectivity index (χ1v) is 8.77. The van der Waals surface area contributed by atoms with E-state index in [-0.39, 0.29) is 6.10 Å². The van der Waals surface area contributed by atoms with E-state index >= 15 is 0 Å². The molecule has 1 heterocycles. The van der Waals surface area contributed by atoms with Gasteiger partial charge in [0.05, 0.1) is 38.1 Å². The normalized spacial score (nSPS) is 48.6. The van der Waals surface area contributed by atoms with Crippen molar-refractivity contribution in [1.29, 1.82) is 0 Å². The largest absolute Gasteiger partial charge is 0.391 e. The van der Waals surface area contributed by atoms with Crippen molar-refractivity contribution in [1.82, 2.24) is 0 Å². The predicted octanol–water partition coefficient (Wildman–Crippen LogP) is 1.99. The summed E-state index contributed by atoms with van der Waals surface area (Å²) in [5.41, 5.74) is 0. The van der Waals surface area contributed by atoms with Crippen LogP contribution in [-0.2, 0) is 14.2 Å². The molecule has 0 radical (unpaired) electrons. The number of rotatable bonds is 7. The number of hydrogen-bond acceptors (Lipinski definition) is 4. The molecule has 0 aromatic rings. The highest BCUT2D eigenvalue weighted by Gasteiger charge is 2.56. The molecule has 3 aliphatic carbocycles. The number of fused-ring (bicyclic) bond motifs is 5. The minimum atomic E-state index is -0.295. The molecular formula is C17H28O4. The molecule has 4 fully saturated rings. The summed E-state index contributed by atoms with van der Waals surface area (Å²) in [6.45, 7) is 4.20. The first-order chi connectivity index (χ1) is 10.2. The molecule has 21 heavy (non-hydrogen) atoms. The molecule has 4 nitrogen and oxygen atoms in total. The van der Waals surface area contributed by atoms with Crippen LogP contribution in [0.2, 0.25) is 0 Å². The highest BCUT2D eigenvalue weighted by molar-refractivity contribution is 5.06. The fourth-order valence-electron chi connectivity index (χ4n) is 5.05. The molecular weight excluding hydrogens is 268 g/mol. The molecule has 8 unspecified atom stereocenters. The third-order valence-corrected chi connectivity index (χ3v) is 6.26. The van der Waals surface area contributed by atoms with Gasteiger partial charge in [0.15, 0.2) is 0 Å². The highest BCUT2D eigenvalue weighted by Crippen LogP contribution is 2.59. The second-order valence-corrected chi connectivity index (χ2v) is 7.54. The van der Waals surface area contributed by atoms with Crippen LogP contribution in [0.1, 0.15) is 39.0 Å². The Labute approximate surface area is 127 Å². The van der Waals surface area contributed by atoms with Crippen molar-refractivity contribution in [2.24, 2.45) is 23.7 Å². The van der Waals surface area contributed by atoms with Crippen LogP contribution in [0.3, 0.4) is 0 Å². The number of hydrogen-bond donors (Lipinski definition) is 1. The van der Waals surface area contributed by atoms with Crippen molar-refractivity contribution in [3.8, 4) is 0 Å². The fourth-order valence-corrected chi connectivity index (χ4v) is 5.05. The first-order valence-electron chi connectivity index (χ1n) is 8.77. The second-order valence-electron chi connectivity index (χ2n) is 7.54. The molecule has 1 N–H and O–H groups in total. The maximum atomic E-state index is 9.65. The quantitative estimate of drug-likeness (QED) is 0.730. The van der Waals surface area contributed by atoms with Crippen LogP contribution >= 0.6 is 0 Å². The molecule has 4 aliphatic rings. The Balaban J connectivity index is 1.28. The van der Waals surface area contributed by atoms with Gasteiger partial charge < -0.3 is 19.3 Å². The van der Waals surface area contributed by atoms with E-state index < -0.39 is 0 Å². The fraction of sp³-hybridized carbons (Fsp3) is 1.00. The predicted molar refractivity (Wildman–Crippen MR) is 77.9 cm³/mol. The van der Waals surface area contributed by atoms with Gasteiger partial charge in [0, 0.05) is 0 Å². The Morgan fingerprint density at radius 3 is 2.67 bits per heavy atom. The summed E-state index contributed by atoms with van der Waals surface area (Å²) in [5.74, 6) is 3.27. The number of epoxide rings is 1. The topological polar surface area (TPSA) is 51.2 Å². The summed E-state index contributed by atoms with van der Waals surface area (Å²) in [6.07, 6.45) is 6.73. The Bertz CT molecular complexity index is 370. The van der Waals surface area contributed by atoms with Gasteiger partial charge in [0.1, 0.15) is 6.10 Å². The van der Waals surface area contributed by atoms with E-state index in [1.54, 1.807) is 0 Å². The monoisotopic (exact) mass is 296 g/mol. The molecule has 1 saturated heterocycles. The van der Waals surface area contributed by atoms with Gasteiger partial charge in [-0.05, 0) is 55.8 Å². The number of aliphatic hydroxyl groups is 1. The van der Waals surface area contributed by atoms with Crippen molar-refractivity contribution < 1.29 is 19.3 Å². The number of ether oxygens (including phenoxy) is 3. The standard InChI is InChI=1S/C17H28O4/c1-2-11(18)7-19-12-5-14-10-3-16(15(14)6-12)17(4-10)21-9-13-8-20-13/h10-18H,2-9H2,1H3. The van der Waals surface area contributed by atoms with Gasteiger partial charge in [-0.3, -0.25) is 0 Å². The second kappa shape index (κ2) is 5.80. The average molecular weight is 296 g/mol. The van der Waals surface area contributed by atoms with E-state index in [0.717, 1.165) is 43.3 Å². The molecule has 0 aromatic heterocycles. The van der Waals surface area contributed by atoms with Gasteiger partial charge in [0.2, 0.25) is 0 Å². The molecule has 4 rings (SSSR count). The van der Waals surface area contributed by atoms with Crippen molar-refractivity contribution in [3.05, 3.63) is 0 Å². The molecule has 0 spiro atoms. The zero-order valence-electron chi connectivity index (χ0n) is 12.9. The SMILES string of the molecule is CCC(O)COC1CC2C3CC(OCC4CO4)C(C3)C2C1. The summed E-state index contributed by atoms with van der Waals surface area (Å²) in [4.78, 5) is 0. The van der Waals surface area contributed by atoms with E-state index in [1.165, 1.54) is 25.7 Å². The Hall–Kier alpha value is -0.160. The molecule has 4 heteroatoms. The number of aliphatic hydroxyl groups excluding tert-OH is 1. The molecule has 0 amide bonds. The Morgan fingerprint density at radius 2 is 1.90 bits per heavy atom. The minimum absolute atomic E-state index is 0.295. The maximum absolute atomic E-state index is 9.65. The van der Waals surface area contributed by atoms with E-state index in [9.17, 15) is 5.11 Å². The Kier molecular flexibility index (Phi) is 3.99. The third kappa shape index (κ3) is 2.88. The molecule has 120 valence electrons. The third-order valence-electron chi connectivity index (χ3n) is 6.26. The smallest absolute Gasteiger partial charge is 0.104 e. The van der Waals surface area contributed by atoms with Gasteiger partial charge >= 0.3 is 0 Å². The molecule has 0 aromatic carbocycles. The summed E-state index contributed by atoms with van der Waals surface area (Å²) < 4.78 is 17.3. The van der Waals surface area contributed by atoms with Crippen LogP contribution in [0, 0.1) is 23.7 Å². The zero-order valence-corrected chi connectivity index (χ0v) is 12.9. The van der Waals surface area contributed by atoms with Crippen LogP contribution in [0.4, 0.5) is 0 Å². The summed E-state index contributed by atoms with van der Waals surface area (Å²) >= 11 is 0. The zero-order chi connectivity index (χ0) is 14.4. The van der Waals surface area contributed by atoms with Crippen LogP contribution in [0.25, 0.3) is 0 Å². The van der Waals surface area contributed by atoms with Crippen LogP contribution in [0.5, 0.6) is 0 Å². The lowest BCUT2D eigenvalue weighted by atomic mass is 9.80. The van der Waals surface area contributed by atoms with Crippen LogP contribution < -0.4 is 0 Å². The van der Waals surface area contributed by atoms with Crippen molar-refractivity contribution in [2.75, 3.05) is 19.8 Å². The van der Waals surface area contributed by atoms with E-state index in [1.807, 2.05) is 6.92 Å². The van der Waals surface area contributed by atoms with Crippen LogP contribution in [-0.4, -0.2) is 49.3 Å². The minimum Gasteiger partial charge on any atom is -0.391 e. The first kappa shape index (κ1) is 14.4. The Morgan fingerprint density at radius 1 is 1.10 bits per heavy atom. The van der Waals surface area contributed by atoms with Gasteiger partial charge in [-0.25, -0.2) is 0 Å². The molecule has 8 atom stereocenters. The van der Waals surface area contributed by atoms with Gasteiger partial charge in [-0.15, -0.1) is 0 Å². The van der Waals surface area contributed by atoms with E-state index in [4.69, 9.17) is 14.2 Å². The molecule has 1 aliphatic heterocycles. The van der Waals surface area contributed by atoms with Gasteiger partial charge in [0.25, 0.3) is 0 Å². The lowest BCUT2D eigenvalue weighted by Gasteiger charge is -2.31. The lowest BCUT2D eigenvalue weighted by molar-refractivity contribution is -0.0210. The van der Waals surface area contributed by atoms with Gasteiger partial charge in [-0.2, -0.15) is 0 Å². The summed E-state index contributed by atoms with van der Waals surface area (Å²) in [7, 11) is 0. The van der Waals surface area contributed by atoms with Crippen molar-refractivity contribution in [2.45, 2.75) is 63.4 Å². The highest BCUT2D eigenvalue weighted by atomic mass is 16.6. The maximum Gasteiger partial charge on any atom is 0.104 e. The lowest BCUT2D eigenvalue weighted by Crippen LogP contribution is -2.31. The van der Waals surface area contributed by atoms with Crippen molar-refractivity contribution >= 4 is 0 Å². The van der Waals surface area contributed by atoms with E-state index in [0.29, 0.717) is 24.9 Å². The van der Waals surface area contributed by atoms with Gasteiger partial charge in [-0.1, -0.05) is 6.92 Å². The van der Waals surface area contributed by atoms with E-state index in [2.05, 4.69) is 0 Å². The summed E-state index contributed by atoms with van der Waals surface area (Å²) in [5, 5.41) is 9.65. The molecule has 2 bridgehead atoms. The summed E-state index contributed by atoms with van der Waals surface area (Å²) in [6, 6.07) is 0. The average Bonchev–Trinajstić information content (AvgIpc) is 2.95. The van der Waals surface area contributed by atoms with Crippen molar-refractivity contribution in [3.63, 3.8) is 0 Å². The molecule has 3 saturated carbocycles. The van der Waals surface area contributed by atoms with Crippen LogP contribution in [0.15, 0.2) is 0 Å².